The van der Waals surface area contributed by atoms with E-state index in [-0.39, 0.29) is 5.75 Å². The van der Waals surface area contributed by atoms with Crippen LogP contribution in [0, 0.1) is 6.92 Å². The highest BCUT2D eigenvalue weighted by molar-refractivity contribution is 9.10. The van der Waals surface area contributed by atoms with E-state index < -0.39 is 18.2 Å². The van der Waals surface area contributed by atoms with Gasteiger partial charge < -0.3 is 14.2 Å². The van der Waals surface area contributed by atoms with Crippen molar-refractivity contribution in [3.63, 3.8) is 0 Å². The SMILES string of the molecule is Cc1ccccc1C(=O)Oc1ccc(Br)cc1/C=N/NC(=O)C(Oc1ccccc1)Oc1ccccc1. The van der Waals surface area contributed by atoms with Crippen LogP contribution in [0.25, 0.3) is 0 Å². The summed E-state index contributed by atoms with van der Waals surface area (Å²) < 4.78 is 17.9. The molecule has 7 nitrogen and oxygen atoms in total. The van der Waals surface area contributed by atoms with Gasteiger partial charge in [-0.15, -0.1) is 0 Å². The number of nitrogens with zero attached hydrogens (tertiary/aromatic N) is 1. The van der Waals surface area contributed by atoms with Crippen LogP contribution >= 0.6 is 15.9 Å². The summed E-state index contributed by atoms with van der Waals surface area (Å²) in [7, 11) is 0. The number of amides is 1. The number of carbonyl (C=O) groups is 2. The number of hydrogen-bond donors (Lipinski definition) is 1. The van der Waals surface area contributed by atoms with Gasteiger partial charge in [0.05, 0.1) is 11.8 Å². The van der Waals surface area contributed by atoms with E-state index in [2.05, 4.69) is 26.5 Å². The molecule has 1 N–H and O–H groups in total. The number of benzene rings is 4. The van der Waals surface area contributed by atoms with Crippen molar-refractivity contribution in [3.8, 4) is 17.2 Å². The van der Waals surface area contributed by atoms with Crippen LogP contribution in [0.3, 0.4) is 0 Å². The molecule has 0 radical (unpaired) electrons. The van der Waals surface area contributed by atoms with E-state index in [1.54, 1.807) is 78.9 Å². The molecule has 0 unspecified atom stereocenters. The van der Waals surface area contributed by atoms with E-state index in [0.717, 1.165) is 10.0 Å². The molecule has 0 saturated heterocycles. The second-order valence-electron chi connectivity index (χ2n) is 7.81. The molecule has 0 aliphatic rings. The summed E-state index contributed by atoms with van der Waals surface area (Å²) in [4.78, 5) is 25.6. The molecule has 8 heteroatoms. The largest absolute Gasteiger partial charge is 0.446 e. The Labute approximate surface area is 222 Å². The monoisotopic (exact) mass is 558 g/mol. The van der Waals surface area contributed by atoms with E-state index >= 15 is 0 Å². The first-order valence-corrected chi connectivity index (χ1v) is 12.1. The molecule has 0 aromatic heterocycles. The quantitative estimate of drug-likeness (QED) is 0.0906. The fraction of sp³-hybridized carbons (Fsp3) is 0.0690. The van der Waals surface area contributed by atoms with E-state index in [0.29, 0.717) is 22.6 Å². The van der Waals surface area contributed by atoms with Crippen molar-refractivity contribution in [2.75, 3.05) is 0 Å². The fourth-order valence-corrected chi connectivity index (χ4v) is 3.64. The van der Waals surface area contributed by atoms with Gasteiger partial charge in [0.15, 0.2) is 0 Å². The molecule has 4 rings (SSSR count). The molecular weight excluding hydrogens is 536 g/mol. The van der Waals surface area contributed by atoms with Crippen LogP contribution in [-0.4, -0.2) is 24.4 Å². The molecule has 0 saturated carbocycles. The average Bonchev–Trinajstić information content (AvgIpc) is 2.91. The predicted molar refractivity (Wildman–Crippen MR) is 144 cm³/mol. The minimum atomic E-state index is -1.30. The van der Waals surface area contributed by atoms with Crippen molar-refractivity contribution < 1.29 is 23.8 Å². The molecule has 0 bridgehead atoms. The van der Waals surface area contributed by atoms with Crippen LogP contribution in [0.15, 0.2) is 113 Å². The summed E-state index contributed by atoms with van der Waals surface area (Å²) in [6, 6.07) is 30.0. The Morgan fingerprint density at radius 2 is 1.43 bits per heavy atom. The number of aryl methyl sites for hydroxylation is 1. The highest BCUT2D eigenvalue weighted by atomic mass is 79.9. The second kappa shape index (κ2) is 12.5. The Hall–Kier alpha value is -4.43. The van der Waals surface area contributed by atoms with Crippen LogP contribution in [0.4, 0.5) is 0 Å². The number of esters is 1. The maximum absolute atomic E-state index is 12.9. The Morgan fingerprint density at radius 3 is 2.05 bits per heavy atom. The lowest BCUT2D eigenvalue weighted by Gasteiger charge is -2.18. The number of rotatable bonds is 9. The van der Waals surface area contributed by atoms with Crippen LogP contribution in [0.1, 0.15) is 21.5 Å². The highest BCUT2D eigenvalue weighted by Gasteiger charge is 2.22. The van der Waals surface area contributed by atoms with Gasteiger partial charge in [-0.05, 0) is 61.0 Å². The summed E-state index contributed by atoms with van der Waals surface area (Å²) in [5, 5.41) is 4.05. The number of hydrogen-bond acceptors (Lipinski definition) is 6. The Balaban J connectivity index is 1.49. The molecule has 4 aromatic rings. The van der Waals surface area contributed by atoms with Crippen LogP contribution in [-0.2, 0) is 4.79 Å². The Morgan fingerprint density at radius 1 is 0.838 bits per heavy atom. The molecule has 186 valence electrons. The van der Waals surface area contributed by atoms with Gasteiger partial charge in [-0.25, -0.2) is 10.2 Å². The summed E-state index contributed by atoms with van der Waals surface area (Å²) in [5.41, 5.74) is 4.17. The molecule has 0 aliphatic heterocycles. The zero-order valence-corrected chi connectivity index (χ0v) is 21.4. The first-order chi connectivity index (χ1) is 18.0. The van der Waals surface area contributed by atoms with Gasteiger partial charge in [0.1, 0.15) is 17.2 Å². The van der Waals surface area contributed by atoms with Crippen LogP contribution in [0.2, 0.25) is 0 Å². The third-order valence-electron chi connectivity index (χ3n) is 5.10. The molecule has 0 heterocycles. The van der Waals surface area contributed by atoms with Gasteiger partial charge in [-0.2, -0.15) is 5.10 Å². The molecule has 37 heavy (non-hydrogen) atoms. The van der Waals surface area contributed by atoms with Crippen LogP contribution in [0.5, 0.6) is 17.2 Å². The molecular formula is C29H23BrN2O5. The van der Waals surface area contributed by atoms with E-state index in [4.69, 9.17) is 14.2 Å². The van der Waals surface area contributed by atoms with Crippen molar-refractivity contribution in [2.45, 2.75) is 13.2 Å². The molecule has 4 aromatic carbocycles. The Bertz CT molecular complexity index is 1350. The summed E-state index contributed by atoms with van der Waals surface area (Å²) in [6.07, 6.45) is 0.0772. The molecule has 0 aliphatic carbocycles. The lowest BCUT2D eigenvalue weighted by Crippen LogP contribution is -2.40. The maximum Gasteiger partial charge on any atom is 0.343 e. The number of carbonyl (C=O) groups excluding carboxylic acids is 2. The smallest absolute Gasteiger partial charge is 0.343 e. The van der Waals surface area contributed by atoms with Crippen molar-refractivity contribution in [1.29, 1.82) is 0 Å². The lowest BCUT2D eigenvalue weighted by molar-refractivity contribution is -0.140. The van der Waals surface area contributed by atoms with E-state index in [1.807, 2.05) is 31.2 Å². The average molecular weight is 559 g/mol. The van der Waals surface area contributed by atoms with Crippen molar-refractivity contribution >= 4 is 34.0 Å². The first-order valence-electron chi connectivity index (χ1n) is 11.3. The topological polar surface area (TPSA) is 86.2 Å². The van der Waals surface area contributed by atoms with Crippen molar-refractivity contribution in [2.24, 2.45) is 5.10 Å². The summed E-state index contributed by atoms with van der Waals surface area (Å²) >= 11 is 3.41. The third kappa shape index (κ3) is 7.28. The van der Waals surface area contributed by atoms with Gasteiger partial charge in [0.2, 0.25) is 0 Å². The zero-order chi connectivity index (χ0) is 26.0. The second-order valence-corrected chi connectivity index (χ2v) is 8.73. The van der Waals surface area contributed by atoms with Gasteiger partial charge in [0, 0.05) is 10.0 Å². The summed E-state index contributed by atoms with van der Waals surface area (Å²) in [6.45, 7) is 1.83. The minimum Gasteiger partial charge on any atom is -0.446 e. The third-order valence-corrected chi connectivity index (χ3v) is 5.60. The molecule has 0 atom stereocenters. The normalized spacial score (nSPS) is 10.8. The Kier molecular flexibility index (Phi) is 8.67. The lowest BCUT2D eigenvalue weighted by atomic mass is 10.1. The number of halogens is 1. The molecule has 1 amide bonds. The van der Waals surface area contributed by atoms with Crippen molar-refractivity contribution in [3.05, 3.63) is 124 Å². The van der Waals surface area contributed by atoms with Crippen molar-refractivity contribution in [1.82, 2.24) is 5.43 Å². The maximum atomic E-state index is 12.9. The van der Waals surface area contributed by atoms with Gasteiger partial charge in [-0.3, -0.25) is 4.79 Å². The minimum absolute atomic E-state index is 0.284. The summed E-state index contributed by atoms with van der Waals surface area (Å²) in [5.74, 6) is 0.0797. The molecule has 0 fully saturated rings. The highest BCUT2D eigenvalue weighted by Crippen LogP contribution is 2.23. The zero-order valence-electron chi connectivity index (χ0n) is 19.8. The predicted octanol–water partition coefficient (Wildman–Crippen LogP) is 5.91. The van der Waals surface area contributed by atoms with Gasteiger partial charge >= 0.3 is 18.2 Å². The van der Waals surface area contributed by atoms with Gasteiger partial charge in [-0.1, -0.05) is 70.5 Å². The van der Waals surface area contributed by atoms with Crippen LogP contribution < -0.4 is 19.6 Å². The first kappa shape index (κ1) is 25.7. The number of para-hydroxylation sites is 2. The number of nitrogens with one attached hydrogen (secondary N) is 1. The number of ether oxygens (including phenoxy) is 3. The standard InChI is InChI=1S/C29H23BrN2O5/c1-20-10-8-9-15-25(20)28(34)37-26-17-16-22(30)18-21(26)19-31-32-27(33)29(35-23-11-4-2-5-12-23)36-24-13-6-3-7-14-24/h2-19,29H,1H3,(H,32,33)/b31-19+. The van der Waals surface area contributed by atoms with E-state index in [1.165, 1.54) is 6.21 Å². The van der Waals surface area contributed by atoms with Gasteiger partial charge in [0.25, 0.3) is 0 Å². The van der Waals surface area contributed by atoms with E-state index in [9.17, 15) is 9.59 Å². The number of hydrazone groups is 1. The fourth-order valence-electron chi connectivity index (χ4n) is 3.26. The molecule has 0 spiro atoms.